The van der Waals surface area contributed by atoms with E-state index in [2.05, 4.69) is 37.5 Å². The summed E-state index contributed by atoms with van der Waals surface area (Å²) in [5, 5.41) is 4.21. The molecule has 0 saturated carbocycles. The first-order valence-corrected chi connectivity index (χ1v) is 10.6. The Morgan fingerprint density at radius 1 is 1.12 bits per heavy atom. The van der Waals surface area contributed by atoms with Gasteiger partial charge in [0.05, 0.1) is 38.8 Å². The van der Waals surface area contributed by atoms with E-state index in [9.17, 15) is 4.79 Å². The first kappa shape index (κ1) is 22.3. The highest BCUT2D eigenvalue weighted by molar-refractivity contribution is 5.82. The average Bonchev–Trinajstić information content (AvgIpc) is 2.84. The summed E-state index contributed by atoms with van der Waals surface area (Å²) in [6, 6.07) is 13.8. The lowest BCUT2D eigenvalue weighted by Crippen LogP contribution is -2.35. The van der Waals surface area contributed by atoms with E-state index < -0.39 is 0 Å². The fraction of sp³-hybridized carbons (Fsp3) is 0.292. The Kier molecular flexibility index (Phi) is 6.89. The predicted molar refractivity (Wildman–Crippen MR) is 126 cm³/mol. The molecule has 9 nitrogen and oxygen atoms in total. The minimum Gasteiger partial charge on any atom is -0.493 e. The molecule has 1 aromatic heterocycles. The van der Waals surface area contributed by atoms with Crippen LogP contribution in [0.2, 0.25) is 0 Å². The summed E-state index contributed by atoms with van der Waals surface area (Å²) in [5.74, 6) is 1.86. The standard InChI is InChI=1S/C24H27N5O4/c1-31-20-11-17(12-21(32-2)22(20)33-3)13-25-28-24-26-19-9-10-29(15-18(19)23(30)27-24)14-16-7-5-4-6-8-16/h4-8,11-13H,9-10,14-15H2,1-3H3,(H2,26,27,28,30)/b25-13-. The van der Waals surface area contributed by atoms with E-state index in [0.29, 0.717) is 41.7 Å². The molecule has 4 rings (SSSR count). The highest BCUT2D eigenvalue weighted by Crippen LogP contribution is 2.37. The van der Waals surface area contributed by atoms with Gasteiger partial charge in [0.1, 0.15) is 0 Å². The molecule has 0 radical (unpaired) electrons. The molecular formula is C24H27N5O4. The van der Waals surface area contributed by atoms with Crippen molar-refractivity contribution in [2.24, 2.45) is 5.10 Å². The molecule has 2 N–H and O–H groups in total. The van der Waals surface area contributed by atoms with E-state index >= 15 is 0 Å². The van der Waals surface area contributed by atoms with Crippen molar-refractivity contribution in [3.63, 3.8) is 0 Å². The number of aromatic nitrogens is 2. The third kappa shape index (κ3) is 5.15. The molecule has 2 heterocycles. The maximum Gasteiger partial charge on any atom is 0.257 e. The van der Waals surface area contributed by atoms with Crippen molar-refractivity contribution >= 4 is 12.2 Å². The Labute approximate surface area is 192 Å². The molecule has 0 aliphatic carbocycles. The normalized spacial score (nSPS) is 13.5. The molecule has 172 valence electrons. The molecule has 2 aromatic carbocycles. The van der Waals surface area contributed by atoms with Crippen LogP contribution in [-0.4, -0.2) is 49.0 Å². The van der Waals surface area contributed by atoms with Crippen molar-refractivity contribution in [3.05, 3.63) is 75.2 Å². The number of fused-ring (bicyclic) bond motifs is 1. The highest BCUT2D eigenvalue weighted by atomic mass is 16.5. The van der Waals surface area contributed by atoms with Gasteiger partial charge >= 0.3 is 0 Å². The van der Waals surface area contributed by atoms with Gasteiger partial charge in [-0.1, -0.05) is 30.3 Å². The van der Waals surface area contributed by atoms with Crippen molar-refractivity contribution in [2.45, 2.75) is 19.5 Å². The van der Waals surface area contributed by atoms with Gasteiger partial charge in [0.2, 0.25) is 11.7 Å². The molecule has 0 bridgehead atoms. The van der Waals surface area contributed by atoms with Crippen molar-refractivity contribution in [2.75, 3.05) is 33.3 Å². The number of hydrazone groups is 1. The second-order valence-corrected chi connectivity index (χ2v) is 7.61. The predicted octanol–water partition coefficient (Wildman–Crippen LogP) is 2.80. The molecular weight excluding hydrogens is 422 g/mol. The van der Waals surface area contributed by atoms with Crippen molar-refractivity contribution < 1.29 is 14.2 Å². The molecule has 9 heteroatoms. The Bertz CT molecular complexity index is 1170. The summed E-state index contributed by atoms with van der Waals surface area (Å²) in [4.78, 5) is 22.3. The molecule has 1 aliphatic heterocycles. The Morgan fingerprint density at radius 3 is 2.52 bits per heavy atom. The van der Waals surface area contributed by atoms with Gasteiger partial charge in [0, 0.05) is 31.6 Å². The van der Waals surface area contributed by atoms with Gasteiger partial charge in [-0.25, -0.2) is 10.4 Å². The van der Waals surface area contributed by atoms with E-state index in [-0.39, 0.29) is 5.56 Å². The maximum atomic E-state index is 12.7. The van der Waals surface area contributed by atoms with Crippen LogP contribution in [0.1, 0.15) is 22.4 Å². The maximum absolute atomic E-state index is 12.7. The summed E-state index contributed by atoms with van der Waals surface area (Å²) in [5.41, 5.74) is 6.13. The lowest BCUT2D eigenvalue weighted by molar-refractivity contribution is 0.242. The topological polar surface area (TPSA) is 101 Å². The van der Waals surface area contributed by atoms with Gasteiger partial charge in [-0.2, -0.15) is 5.10 Å². The zero-order valence-corrected chi connectivity index (χ0v) is 18.9. The average molecular weight is 450 g/mol. The fourth-order valence-electron chi connectivity index (χ4n) is 3.85. The third-order valence-corrected chi connectivity index (χ3v) is 5.47. The lowest BCUT2D eigenvalue weighted by Gasteiger charge is -2.27. The van der Waals surface area contributed by atoms with E-state index in [1.165, 1.54) is 5.56 Å². The number of methoxy groups -OCH3 is 3. The molecule has 0 spiro atoms. The number of nitrogens with one attached hydrogen (secondary N) is 2. The minimum absolute atomic E-state index is 0.150. The van der Waals surface area contributed by atoms with E-state index in [4.69, 9.17) is 14.2 Å². The summed E-state index contributed by atoms with van der Waals surface area (Å²) >= 11 is 0. The minimum atomic E-state index is -0.150. The van der Waals surface area contributed by atoms with Gasteiger partial charge in [0.15, 0.2) is 11.5 Å². The van der Waals surface area contributed by atoms with Crippen LogP contribution in [0, 0.1) is 0 Å². The third-order valence-electron chi connectivity index (χ3n) is 5.47. The number of aromatic amines is 1. The number of anilines is 1. The zero-order chi connectivity index (χ0) is 23.2. The number of rotatable bonds is 8. The second-order valence-electron chi connectivity index (χ2n) is 7.61. The van der Waals surface area contributed by atoms with Crippen molar-refractivity contribution in [3.8, 4) is 17.2 Å². The van der Waals surface area contributed by atoms with Crippen LogP contribution in [0.4, 0.5) is 5.95 Å². The van der Waals surface area contributed by atoms with E-state index in [0.717, 1.165) is 24.3 Å². The van der Waals surface area contributed by atoms with Crippen LogP contribution in [-0.2, 0) is 19.5 Å². The van der Waals surface area contributed by atoms with Gasteiger partial charge in [-0.15, -0.1) is 0 Å². The summed E-state index contributed by atoms with van der Waals surface area (Å²) in [6.45, 7) is 2.22. The molecule has 0 unspecified atom stereocenters. The molecule has 33 heavy (non-hydrogen) atoms. The van der Waals surface area contributed by atoms with Gasteiger partial charge in [-0.3, -0.25) is 14.7 Å². The molecule has 3 aromatic rings. The molecule has 0 saturated heterocycles. The largest absolute Gasteiger partial charge is 0.493 e. The first-order chi connectivity index (χ1) is 16.1. The number of hydrogen-bond donors (Lipinski definition) is 2. The Hall–Kier alpha value is -3.85. The van der Waals surface area contributed by atoms with Crippen LogP contribution in [0.3, 0.4) is 0 Å². The second kappa shape index (κ2) is 10.2. The number of hydrogen-bond acceptors (Lipinski definition) is 8. The molecule has 1 aliphatic rings. The van der Waals surface area contributed by atoms with Crippen LogP contribution in [0.5, 0.6) is 17.2 Å². The van der Waals surface area contributed by atoms with E-state index in [1.807, 2.05) is 18.2 Å². The SMILES string of the molecule is COc1cc(/C=N\Nc2nc3c(c(=O)[nH]2)CN(Cc2ccccc2)CC3)cc(OC)c1OC. The summed E-state index contributed by atoms with van der Waals surface area (Å²) in [7, 11) is 4.66. The van der Waals surface area contributed by atoms with Crippen LogP contribution in [0.15, 0.2) is 52.4 Å². The fourth-order valence-corrected chi connectivity index (χ4v) is 3.85. The summed E-state index contributed by atoms with van der Waals surface area (Å²) < 4.78 is 16.0. The highest BCUT2D eigenvalue weighted by Gasteiger charge is 2.21. The smallest absolute Gasteiger partial charge is 0.257 e. The van der Waals surface area contributed by atoms with Crippen molar-refractivity contribution in [1.82, 2.24) is 14.9 Å². The lowest BCUT2D eigenvalue weighted by atomic mass is 10.1. The van der Waals surface area contributed by atoms with Gasteiger partial charge in [-0.05, 0) is 17.7 Å². The Morgan fingerprint density at radius 2 is 1.85 bits per heavy atom. The molecule has 0 amide bonds. The summed E-state index contributed by atoms with van der Waals surface area (Å²) in [6.07, 6.45) is 2.29. The number of nitrogens with zero attached hydrogens (tertiary/aromatic N) is 3. The quantitative estimate of drug-likeness (QED) is 0.403. The van der Waals surface area contributed by atoms with Gasteiger partial charge in [0.25, 0.3) is 5.56 Å². The van der Waals surface area contributed by atoms with Crippen molar-refractivity contribution in [1.29, 1.82) is 0 Å². The van der Waals surface area contributed by atoms with Gasteiger partial charge < -0.3 is 14.2 Å². The number of benzene rings is 2. The van der Waals surface area contributed by atoms with Crippen LogP contribution in [0.25, 0.3) is 0 Å². The first-order valence-electron chi connectivity index (χ1n) is 10.6. The monoisotopic (exact) mass is 449 g/mol. The Balaban J connectivity index is 1.46. The molecule has 0 atom stereocenters. The number of H-pyrrole nitrogens is 1. The van der Waals surface area contributed by atoms with Crippen LogP contribution < -0.4 is 25.2 Å². The number of ether oxygens (including phenoxy) is 3. The molecule has 0 fully saturated rings. The van der Waals surface area contributed by atoms with E-state index in [1.54, 1.807) is 39.7 Å². The van der Waals surface area contributed by atoms with Crippen LogP contribution >= 0.6 is 0 Å². The zero-order valence-electron chi connectivity index (χ0n) is 18.9.